The van der Waals surface area contributed by atoms with Gasteiger partial charge >= 0.3 is 0 Å². The summed E-state index contributed by atoms with van der Waals surface area (Å²) in [5, 5.41) is 1.16. The first-order chi connectivity index (χ1) is 6.86. The van der Waals surface area contributed by atoms with Gasteiger partial charge in [0.1, 0.15) is 0 Å². The van der Waals surface area contributed by atoms with E-state index < -0.39 is 0 Å². The Morgan fingerprint density at radius 2 is 1.86 bits per heavy atom. The van der Waals surface area contributed by atoms with Crippen LogP contribution >= 0.6 is 27.5 Å². The van der Waals surface area contributed by atoms with E-state index >= 15 is 0 Å². The number of halogens is 2. The maximum atomic E-state index is 6.15. The summed E-state index contributed by atoms with van der Waals surface area (Å²) < 4.78 is 0. The number of hydrogen-bond donors (Lipinski definition) is 0. The average molecular weight is 280 g/mol. The standard InChI is InChI=1S/C12H20BrCl/c13-7-10-6-5-9-3-1-2-4-11(9)12(10)8-14/h9-12H,1-8H2. The van der Waals surface area contributed by atoms with Crippen molar-refractivity contribution >= 4 is 27.5 Å². The fraction of sp³-hybridized carbons (Fsp3) is 1.00. The zero-order valence-corrected chi connectivity index (χ0v) is 11.1. The molecule has 82 valence electrons. The SMILES string of the molecule is ClCC1C(CBr)CCC2CCCCC21. The molecule has 2 saturated carbocycles. The topological polar surface area (TPSA) is 0 Å². The quantitative estimate of drug-likeness (QED) is 0.655. The van der Waals surface area contributed by atoms with Crippen LogP contribution in [-0.2, 0) is 0 Å². The maximum absolute atomic E-state index is 6.15. The molecule has 4 unspecified atom stereocenters. The van der Waals surface area contributed by atoms with Crippen molar-refractivity contribution in [3.05, 3.63) is 0 Å². The third kappa shape index (κ3) is 2.14. The van der Waals surface area contributed by atoms with Crippen molar-refractivity contribution in [1.29, 1.82) is 0 Å². The van der Waals surface area contributed by atoms with Gasteiger partial charge in [0.25, 0.3) is 0 Å². The van der Waals surface area contributed by atoms with Crippen LogP contribution in [-0.4, -0.2) is 11.2 Å². The van der Waals surface area contributed by atoms with E-state index in [1.54, 1.807) is 0 Å². The van der Waals surface area contributed by atoms with E-state index in [-0.39, 0.29) is 0 Å². The van der Waals surface area contributed by atoms with E-state index in [4.69, 9.17) is 11.6 Å². The van der Waals surface area contributed by atoms with Gasteiger partial charge in [0.15, 0.2) is 0 Å². The zero-order valence-electron chi connectivity index (χ0n) is 8.72. The molecule has 14 heavy (non-hydrogen) atoms. The molecule has 0 nitrogen and oxygen atoms in total. The summed E-state index contributed by atoms with van der Waals surface area (Å²) in [6.07, 6.45) is 8.72. The highest BCUT2D eigenvalue weighted by molar-refractivity contribution is 9.09. The average Bonchev–Trinajstić information content (AvgIpc) is 2.27. The second-order valence-electron chi connectivity index (χ2n) is 5.02. The fourth-order valence-electron chi connectivity index (χ4n) is 3.58. The molecule has 2 rings (SSSR count). The first-order valence-corrected chi connectivity index (χ1v) is 7.64. The number of fused-ring (bicyclic) bond motifs is 1. The normalized spacial score (nSPS) is 43.3. The van der Waals surface area contributed by atoms with Gasteiger partial charge in [-0.1, -0.05) is 35.2 Å². The van der Waals surface area contributed by atoms with Crippen LogP contribution in [0.3, 0.4) is 0 Å². The molecule has 0 amide bonds. The molecule has 0 N–H and O–H groups in total. The van der Waals surface area contributed by atoms with Gasteiger partial charge in [-0.05, 0) is 42.9 Å². The summed E-state index contributed by atoms with van der Waals surface area (Å²) in [6.45, 7) is 0. The van der Waals surface area contributed by atoms with Crippen molar-refractivity contribution in [1.82, 2.24) is 0 Å². The molecule has 0 radical (unpaired) electrons. The third-order valence-electron chi connectivity index (χ3n) is 4.41. The Hall–Kier alpha value is 0.770. The second kappa shape index (κ2) is 5.21. The lowest BCUT2D eigenvalue weighted by molar-refractivity contribution is 0.0779. The first-order valence-electron chi connectivity index (χ1n) is 5.98. The fourth-order valence-corrected chi connectivity index (χ4v) is 4.87. The molecular weight excluding hydrogens is 259 g/mol. The van der Waals surface area contributed by atoms with Gasteiger partial charge < -0.3 is 0 Å². The van der Waals surface area contributed by atoms with Crippen molar-refractivity contribution in [2.75, 3.05) is 11.2 Å². The van der Waals surface area contributed by atoms with Crippen molar-refractivity contribution in [2.45, 2.75) is 38.5 Å². The van der Waals surface area contributed by atoms with Gasteiger partial charge in [-0.15, -0.1) is 11.6 Å². The summed E-state index contributed by atoms with van der Waals surface area (Å²) >= 11 is 9.80. The summed E-state index contributed by atoms with van der Waals surface area (Å²) in [7, 11) is 0. The molecule has 0 aromatic rings. The summed E-state index contributed by atoms with van der Waals surface area (Å²) in [5.74, 6) is 4.51. The minimum atomic E-state index is 0.801. The largest absolute Gasteiger partial charge is 0.126 e. The molecule has 0 aromatic heterocycles. The van der Waals surface area contributed by atoms with Gasteiger partial charge in [0, 0.05) is 11.2 Å². The maximum Gasteiger partial charge on any atom is 0.0257 e. The molecule has 2 fully saturated rings. The van der Waals surface area contributed by atoms with Gasteiger partial charge in [-0.25, -0.2) is 0 Å². The Balaban J connectivity index is 2.04. The highest BCUT2D eigenvalue weighted by atomic mass is 79.9. The Bertz CT molecular complexity index is 177. The van der Waals surface area contributed by atoms with Crippen LogP contribution in [0, 0.1) is 23.7 Å². The number of hydrogen-bond acceptors (Lipinski definition) is 0. The molecule has 0 aliphatic heterocycles. The van der Waals surface area contributed by atoms with Crippen LogP contribution in [0.5, 0.6) is 0 Å². The van der Waals surface area contributed by atoms with Crippen LogP contribution in [0.1, 0.15) is 38.5 Å². The predicted molar refractivity (Wildman–Crippen MR) is 66.2 cm³/mol. The molecule has 2 heteroatoms. The molecular formula is C12H20BrCl. The highest BCUT2D eigenvalue weighted by Gasteiger charge is 2.39. The van der Waals surface area contributed by atoms with Crippen molar-refractivity contribution in [2.24, 2.45) is 23.7 Å². The molecule has 4 atom stereocenters. The number of rotatable bonds is 2. The minimum Gasteiger partial charge on any atom is -0.126 e. The summed E-state index contributed by atoms with van der Waals surface area (Å²) in [5.41, 5.74) is 0. The number of alkyl halides is 2. The van der Waals surface area contributed by atoms with Gasteiger partial charge in [0.2, 0.25) is 0 Å². The van der Waals surface area contributed by atoms with Crippen molar-refractivity contribution in [3.8, 4) is 0 Å². The van der Waals surface area contributed by atoms with E-state index in [2.05, 4.69) is 15.9 Å². The van der Waals surface area contributed by atoms with Crippen LogP contribution in [0.2, 0.25) is 0 Å². The van der Waals surface area contributed by atoms with Crippen LogP contribution in [0.15, 0.2) is 0 Å². The van der Waals surface area contributed by atoms with Gasteiger partial charge in [-0.3, -0.25) is 0 Å². The highest BCUT2D eigenvalue weighted by Crippen LogP contribution is 2.47. The second-order valence-corrected chi connectivity index (χ2v) is 5.97. The summed E-state index contributed by atoms with van der Waals surface area (Å²) in [6, 6.07) is 0. The van der Waals surface area contributed by atoms with E-state index in [0.29, 0.717) is 0 Å². The molecule has 0 spiro atoms. The first kappa shape index (κ1) is 11.3. The lowest BCUT2D eigenvalue weighted by atomic mass is 9.62. The predicted octanol–water partition coefficient (Wildman–Crippen LogP) is 4.45. The van der Waals surface area contributed by atoms with Crippen molar-refractivity contribution in [3.63, 3.8) is 0 Å². The lowest BCUT2D eigenvalue weighted by Gasteiger charge is -2.44. The van der Waals surface area contributed by atoms with Gasteiger partial charge in [0.05, 0.1) is 0 Å². The minimum absolute atomic E-state index is 0.801. The Labute approximate surface area is 101 Å². The molecule has 2 aliphatic carbocycles. The Morgan fingerprint density at radius 3 is 2.57 bits per heavy atom. The van der Waals surface area contributed by atoms with E-state index in [9.17, 15) is 0 Å². The molecule has 0 saturated heterocycles. The zero-order chi connectivity index (χ0) is 9.97. The van der Waals surface area contributed by atoms with Gasteiger partial charge in [-0.2, -0.15) is 0 Å². The van der Waals surface area contributed by atoms with Crippen LogP contribution < -0.4 is 0 Å². The smallest absolute Gasteiger partial charge is 0.0257 e. The molecule has 0 aromatic carbocycles. The van der Waals surface area contributed by atoms with E-state index in [0.717, 1.165) is 34.9 Å². The monoisotopic (exact) mass is 278 g/mol. The molecule has 0 bridgehead atoms. The Morgan fingerprint density at radius 1 is 1.07 bits per heavy atom. The third-order valence-corrected chi connectivity index (χ3v) is 5.60. The van der Waals surface area contributed by atoms with Crippen LogP contribution in [0.4, 0.5) is 0 Å². The van der Waals surface area contributed by atoms with Crippen LogP contribution in [0.25, 0.3) is 0 Å². The summed E-state index contributed by atoms with van der Waals surface area (Å²) in [4.78, 5) is 0. The van der Waals surface area contributed by atoms with Crippen molar-refractivity contribution < 1.29 is 0 Å². The molecule has 0 heterocycles. The Kier molecular flexibility index (Phi) is 4.19. The molecule has 2 aliphatic rings. The lowest BCUT2D eigenvalue weighted by Crippen LogP contribution is -2.38. The van der Waals surface area contributed by atoms with E-state index in [1.165, 1.54) is 38.5 Å². The van der Waals surface area contributed by atoms with E-state index in [1.807, 2.05) is 0 Å².